The third-order valence-electron chi connectivity index (χ3n) is 4.06. The van der Waals surface area contributed by atoms with Crippen LogP contribution in [0.15, 0.2) is 18.3 Å². The van der Waals surface area contributed by atoms with E-state index in [2.05, 4.69) is 9.88 Å². The van der Waals surface area contributed by atoms with Crippen LogP contribution in [-0.2, 0) is 16.1 Å². The van der Waals surface area contributed by atoms with Gasteiger partial charge in [0.1, 0.15) is 6.10 Å². The van der Waals surface area contributed by atoms with E-state index in [0.29, 0.717) is 5.02 Å². The molecule has 21 heavy (non-hydrogen) atoms. The Labute approximate surface area is 129 Å². The predicted molar refractivity (Wildman–Crippen MR) is 80.1 cm³/mol. The van der Waals surface area contributed by atoms with Gasteiger partial charge in [0.15, 0.2) is 0 Å². The molecule has 3 rings (SSSR count). The molecule has 1 aromatic heterocycles. The van der Waals surface area contributed by atoms with E-state index in [1.807, 2.05) is 17.0 Å². The molecule has 0 spiro atoms. The SMILES string of the molecule is O=C([C@@H]1CCCO1)N1CCN(Cc2ccc(Cl)cn2)CC1. The molecule has 0 N–H and O–H groups in total. The van der Waals surface area contributed by atoms with Gasteiger partial charge in [-0.15, -0.1) is 0 Å². The minimum atomic E-state index is -0.200. The number of hydrogen-bond donors (Lipinski definition) is 0. The number of hydrogen-bond acceptors (Lipinski definition) is 4. The molecule has 6 heteroatoms. The summed E-state index contributed by atoms with van der Waals surface area (Å²) in [6.45, 7) is 4.82. The van der Waals surface area contributed by atoms with Crippen LogP contribution in [-0.4, -0.2) is 59.6 Å². The Morgan fingerprint density at radius 3 is 2.76 bits per heavy atom. The number of rotatable bonds is 3. The molecule has 0 aliphatic carbocycles. The molecule has 5 nitrogen and oxygen atoms in total. The smallest absolute Gasteiger partial charge is 0.251 e. The van der Waals surface area contributed by atoms with E-state index in [9.17, 15) is 4.79 Å². The Kier molecular flexibility index (Phi) is 4.73. The van der Waals surface area contributed by atoms with E-state index in [1.54, 1.807) is 6.20 Å². The second kappa shape index (κ2) is 6.73. The highest BCUT2D eigenvalue weighted by atomic mass is 35.5. The minimum absolute atomic E-state index is 0.164. The standard InChI is InChI=1S/C15H20ClN3O2/c16-12-3-4-13(17-10-12)11-18-5-7-19(8-6-18)15(20)14-2-1-9-21-14/h3-4,10,14H,1-2,5-9,11H2/t14-/m0/s1. The number of piperazine rings is 1. The van der Waals surface area contributed by atoms with Gasteiger partial charge in [-0.05, 0) is 25.0 Å². The number of carbonyl (C=O) groups excluding carboxylic acids is 1. The van der Waals surface area contributed by atoms with Crippen molar-refractivity contribution in [3.05, 3.63) is 29.0 Å². The van der Waals surface area contributed by atoms with E-state index in [4.69, 9.17) is 16.3 Å². The molecule has 2 saturated heterocycles. The number of ether oxygens (including phenoxy) is 1. The van der Waals surface area contributed by atoms with Crippen molar-refractivity contribution < 1.29 is 9.53 Å². The van der Waals surface area contributed by atoms with Gasteiger partial charge in [-0.25, -0.2) is 0 Å². The maximum atomic E-state index is 12.3. The first-order chi connectivity index (χ1) is 10.2. The van der Waals surface area contributed by atoms with E-state index in [-0.39, 0.29) is 12.0 Å². The fraction of sp³-hybridized carbons (Fsp3) is 0.600. The lowest BCUT2D eigenvalue weighted by Crippen LogP contribution is -2.51. The van der Waals surface area contributed by atoms with Gasteiger partial charge in [0.05, 0.1) is 10.7 Å². The second-order valence-electron chi connectivity index (χ2n) is 5.57. The Bertz CT molecular complexity index is 480. The van der Waals surface area contributed by atoms with Gasteiger partial charge < -0.3 is 9.64 Å². The Hall–Kier alpha value is -1.17. The minimum Gasteiger partial charge on any atom is -0.368 e. The highest BCUT2D eigenvalue weighted by Gasteiger charge is 2.30. The van der Waals surface area contributed by atoms with Crippen LogP contribution in [0.25, 0.3) is 0 Å². The maximum absolute atomic E-state index is 12.3. The lowest BCUT2D eigenvalue weighted by atomic mass is 10.2. The van der Waals surface area contributed by atoms with Crippen molar-refractivity contribution in [3.8, 4) is 0 Å². The number of nitrogens with zero attached hydrogens (tertiary/aromatic N) is 3. The Morgan fingerprint density at radius 1 is 1.33 bits per heavy atom. The van der Waals surface area contributed by atoms with Gasteiger partial charge in [-0.1, -0.05) is 11.6 Å². The third kappa shape index (κ3) is 3.73. The van der Waals surface area contributed by atoms with Gasteiger partial charge in [0.2, 0.25) is 0 Å². The average Bonchev–Trinajstić information content (AvgIpc) is 3.04. The Balaban J connectivity index is 1.48. The van der Waals surface area contributed by atoms with Crippen LogP contribution in [0.4, 0.5) is 0 Å². The first kappa shape index (κ1) is 14.8. The molecular weight excluding hydrogens is 290 g/mol. The molecule has 0 unspecified atom stereocenters. The fourth-order valence-electron chi connectivity index (χ4n) is 2.83. The summed E-state index contributed by atoms with van der Waals surface area (Å²) in [4.78, 5) is 20.8. The number of carbonyl (C=O) groups is 1. The quantitative estimate of drug-likeness (QED) is 0.850. The van der Waals surface area contributed by atoms with Crippen molar-refractivity contribution in [2.45, 2.75) is 25.5 Å². The zero-order chi connectivity index (χ0) is 14.7. The van der Waals surface area contributed by atoms with Crippen molar-refractivity contribution in [1.29, 1.82) is 0 Å². The molecule has 0 saturated carbocycles. The molecule has 2 fully saturated rings. The summed E-state index contributed by atoms with van der Waals surface area (Å²) >= 11 is 5.84. The topological polar surface area (TPSA) is 45.7 Å². The molecule has 2 aliphatic heterocycles. The molecule has 0 aromatic carbocycles. The van der Waals surface area contributed by atoms with Crippen molar-refractivity contribution >= 4 is 17.5 Å². The van der Waals surface area contributed by atoms with Crippen LogP contribution in [0.1, 0.15) is 18.5 Å². The van der Waals surface area contributed by atoms with Crippen LogP contribution in [0.2, 0.25) is 5.02 Å². The van der Waals surface area contributed by atoms with E-state index in [0.717, 1.165) is 57.9 Å². The largest absolute Gasteiger partial charge is 0.368 e. The monoisotopic (exact) mass is 309 g/mol. The lowest BCUT2D eigenvalue weighted by Gasteiger charge is -2.35. The van der Waals surface area contributed by atoms with Gasteiger partial charge >= 0.3 is 0 Å². The van der Waals surface area contributed by atoms with Crippen LogP contribution < -0.4 is 0 Å². The van der Waals surface area contributed by atoms with Gasteiger partial charge in [-0.3, -0.25) is 14.7 Å². The summed E-state index contributed by atoms with van der Waals surface area (Å²) in [6.07, 6.45) is 3.34. The molecule has 0 radical (unpaired) electrons. The summed E-state index contributed by atoms with van der Waals surface area (Å²) in [5.41, 5.74) is 1.01. The molecule has 0 bridgehead atoms. The highest BCUT2D eigenvalue weighted by molar-refractivity contribution is 6.30. The summed E-state index contributed by atoms with van der Waals surface area (Å²) < 4.78 is 5.47. The normalized spacial score (nSPS) is 23.5. The van der Waals surface area contributed by atoms with Gasteiger partial charge in [-0.2, -0.15) is 0 Å². The van der Waals surface area contributed by atoms with Crippen LogP contribution in [0.5, 0.6) is 0 Å². The Morgan fingerprint density at radius 2 is 2.14 bits per heavy atom. The van der Waals surface area contributed by atoms with Crippen molar-refractivity contribution in [1.82, 2.24) is 14.8 Å². The van der Waals surface area contributed by atoms with E-state index >= 15 is 0 Å². The molecule has 1 amide bonds. The maximum Gasteiger partial charge on any atom is 0.251 e. The average molecular weight is 310 g/mol. The molecule has 2 aliphatic rings. The fourth-order valence-corrected chi connectivity index (χ4v) is 2.94. The first-order valence-electron chi connectivity index (χ1n) is 7.45. The summed E-state index contributed by atoms with van der Waals surface area (Å²) in [7, 11) is 0. The number of halogens is 1. The van der Waals surface area contributed by atoms with Gasteiger partial charge in [0.25, 0.3) is 5.91 Å². The van der Waals surface area contributed by atoms with E-state index < -0.39 is 0 Å². The molecule has 1 atom stereocenters. The predicted octanol–water partition coefficient (Wildman–Crippen LogP) is 1.56. The lowest BCUT2D eigenvalue weighted by molar-refractivity contribution is -0.142. The highest BCUT2D eigenvalue weighted by Crippen LogP contribution is 2.16. The van der Waals surface area contributed by atoms with Crippen LogP contribution >= 0.6 is 11.6 Å². The van der Waals surface area contributed by atoms with Gasteiger partial charge in [0, 0.05) is 45.5 Å². The first-order valence-corrected chi connectivity index (χ1v) is 7.83. The van der Waals surface area contributed by atoms with E-state index in [1.165, 1.54) is 0 Å². The van der Waals surface area contributed by atoms with Crippen molar-refractivity contribution in [3.63, 3.8) is 0 Å². The number of pyridine rings is 1. The second-order valence-corrected chi connectivity index (χ2v) is 6.01. The van der Waals surface area contributed by atoms with Crippen LogP contribution in [0, 0.1) is 0 Å². The zero-order valence-electron chi connectivity index (χ0n) is 12.0. The van der Waals surface area contributed by atoms with Crippen LogP contribution in [0.3, 0.4) is 0 Å². The van der Waals surface area contributed by atoms with Crippen molar-refractivity contribution in [2.24, 2.45) is 0 Å². The van der Waals surface area contributed by atoms with Crippen molar-refractivity contribution in [2.75, 3.05) is 32.8 Å². The molecule has 1 aromatic rings. The summed E-state index contributed by atoms with van der Waals surface area (Å²) in [6, 6.07) is 3.81. The number of aromatic nitrogens is 1. The number of amides is 1. The zero-order valence-corrected chi connectivity index (χ0v) is 12.8. The molecule has 114 valence electrons. The molecule has 3 heterocycles. The third-order valence-corrected chi connectivity index (χ3v) is 4.29. The summed E-state index contributed by atoms with van der Waals surface area (Å²) in [5.74, 6) is 0.164. The molecular formula is C15H20ClN3O2. The summed E-state index contributed by atoms with van der Waals surface area (Å²) in [5, 5.41) is 0.658.